The van der Waals surface area contributed by atoms with E-state index in [4.69, 9.17) is 29.0 Å². The molecule has 1 heterocycles. The Morgan fingerprint density at radius 2 is 2.19 bits per heavy atom. The van der Waals surface area contributed by atoms with Crippen molar-refractivity contribution in [2.45, 2.75) is 13.0 Å². The molecule has 0 fully saturated rings. The monoisotopic (exact) mass is 264 g/mol. The molecule has 0 aliphatic rings. The van der Waals surface area contributed by atoms with E-state index in [2.05, 4.69) is 10.4 Å². The van der Waals surface area contributed by atoms with Gasteiger partial charge in [0.05, 0.1) is 16.1 Å². The molecule has 0 saturated carbocycles. The second-order valence-corrected chi connectivity index (χ2v) is 4.31. The van der Waals surface area contributed by atoms with Crippen molar-refractivity contribution in [3.8, 4) is 0 Å². The number of nitrogens with one attached hydrogen (secondary N) is 1. The molecule has 5 nitrogen and oxygen atoms in total. The van der Waals surface area contributed by atoms with Crippen LogP contribution in [0.4, 0.5) is 11.6 Å². The number of pyridine rings is 1. The van der Waals surface area contributed by atoms with Gasteiger partial charge in [-0.05, 0) is 13.0 Å². The molecule has 1 aromatic rings. The molecular weight excluding hydrogens is 251 g/mol. The number of rotatable bonds is 4. The number of aliphatic hydroxyl groups is 1. The van der Waals surface area contributed by atoms with E-state index in [0.717, 1.165) is 0 Å². The maximum absolute atomic E-state index is 9.28. The molecule has 0 radical (unpaired) electrons. The van der Waals surface area contributed by atoms with E-state index >= 15 is 0 Å². The van der Waals surface area contributed by atoms with Crippen LogP contribution in [0.1, 0.15) is 6.92 Å². The number of aromatic nitrogens is 1. The van der Waals surface area contributed by atoms with Crippen LogP contribution in [0, 0.1) is 0 Å². The van der Waals surface area contributed by atoms with E-state index in [1.165, 1.54) is 0 Å². The Bertz CT molecular complexity index is 373. The zero-order valence-corrected chi connectivity index (χ0v) is 10.5. The third-order valence-electron chi connectivity index (χ3n) is 1.95. The maximum atomic E-state index is 9.28. The molecule has 90 valence electrons. The number of hydrazine groups is 1. The van der Waals surface area contributed by atoms with Crippen LogP contribution in [-0.2, 0) is 0 Å². The van der Waals surface area contributed by atoms with Crippen molar-refractivity contribution >= 4 is 34.8 Å². The zero-order valence-electron chi connectivity index (χ0n) is 9.04. The number of hydrogen-bond acceptors (Lipinski definition) is 5. The van der Waals surface area contributed by atoms with Gasteiger partial charge in [0.1, 0.15) is 5.82 Å². The molecule has 4 N–H and O–H groups in total. The first-order valence-corrected chi connectivity index (χ1v) is 5.43. The number of halogens is 2. The molecule has 0 aliphatic carbocycles. The number of nitrogens with zero attached hydrogens (tertiary/aromatic N) is 2. The smallest absolute Gasteiger partial charge is 0.161 e. The van der Waals surface area contributed by atoms with Crippen molar-refractivity contribution in [2.75, 3.05) is 23.9 Å². The van der Waals surface area contributed by atoms with Crippen LogP contribution in [0.2, 0.25) is 10.0 Å². The molecule has 0 amide bonds. The summed E-state index contributed by atoms with van der Waals surface area (Å²) in [5.74, 6) is 6.12. The lowest BCUT2D eigenvalue weighted by atomic mass is 10.3. The summed E-state index contributed by atoms with van der Waals surface area (Å²) >= 11 is 11.9. The van der Waals surface area contributed by atoms with Gasteiger partial charge in [-0.1, -0.05) is 23.2 Å². The summed E-state index contributed by atoms with van der Waals surface area (Å²) in [5, 5.41) is 10.0. The van der Waals surface area contributed by atoms with Crippen molar-refractivity contribution in [3.63, 3.8) is 0 Å². The Morgan fingerprint density at radius 3 is 2.69 bits per heavy atom. The lowest BCUT2D eigenvalue weighted by Gasteiger charge is -2.21. The van der Waals surface area contributed by atoms with Crippen molar-refractivity contribution in [1.29, 1.82) is 0 Å². The fraction of sp³-hybridized carbons (Fsp3) is 0.444. The summed E-state index contributed by atoms with van der Waals surface area (Å²) in [5.41, 5.74) is 2.38. The molecule has 1 rings (SSSR count). The molecule has 1 atom stereocenters. The van der Waals surface area contributed by atoms with Crippen molar-refractivity contribution < 1.29 is 5.11 Å². The van der Waals surface area contributed by atoms with Crippen LogP contribution in [0.3, 0.4) is 0 Å². The number of hydrogen-bond donors (Lipinski definition) is 3. The Labute approximate surface area is 104 Å². The molecule has 7 heteroatoms. The number of anilines is 2. The molecule has 16 heavy (non-hydrogen) atoms. The SMILES string of the molecule is CC(O)CN(C)c1nc(NN)c(Cl)cc1Cl. The largest absolute Gasteiger partial charge is 0.392 e. The van der Waals surface area contributed by atoms with Gasteiger partial charge < -0.3 is 15.4 Å². The topological polar surface area (TPSA) is 74.4 Å². The fourth-order valence-corrected chi connectivity index (χ4v) is 1.87. The average molecular weight is 265 g/mol. The molecule has 0 saturated heterocycles. The van der Waals surface area contributed by atoms with Crippen LogP contribution in [0.15, 0.2) is 6.07 Å². The first-order chi connectivity index (χ1) is 7.45. The van der Waals surface area contributed by atoms with Crippen LogP contribution >= 0.6 is 23.2 Å². The third-order valence-corrected chi connectivity index (χ3v) is 2.51. The third kappa shape index (κ3) is 3.12. The number of likely N-dealkylation sites (N-methyl/N-ethyl adjacent to an activating group) is 1. The van der Waals surface area contributed by atoms with Crippen LogP contribution in [0.25, 0.3) is 0 Å². The highest BCUT2D eigenvalue weighted by Crippen LogP contribution is 2.30. The number of nitrogen functional groups attached to an aromatic ring is 1. The van der Waals surface area contributed by atoms with Gasteiger partial charge in [0, 0.05) is 13.6 Å². The van der Waals surface area contributed by atoms with Crippen LogP contribution in [0.5, 0.6) is 0 Å². The maximum Gasteiger partial charge on any atom is 0.161 e. The molecule has 0 spiro atoms. The molecule has 0 aromatic carbocycles. The summed E-state index contributed by atoms with van der Waals surface area (Å²) < 4.78 is 0. The van der Waals surface area contributed by atoms with E-state index in [1.807, 2.05) is 0 Å². The van der Waals surface area contributed by atoms with Crippen molar-refractivity contribution in [2.24, 2.45) is 5.84 Å². The average Bonchev–Trinajstić information content (AvgIpc) is 2.16. The van der Waals surface area contributed by atoms with E-state index < -0.39 is 6.10 Å². The van der Waals surface area contributed by atoms with Gasteiger partial charge in [-0.2, -0.15) is 0 Å². The minimum absolute atomic E-state index is 0.346. The van der Waals surface area contributed by atoms with Gasteiger partial charge in [0.15, 0.2) is 5.82 Å². The van der Waals surface area contributed by atoms with Crippen molar-refractivity contribution in [3.05, 3.63) is 16.1 Å². The first-order valence-electron chi connectivity index (χ1n) is 4.67. The van der Waals surface area contributed by atoms with Gasteiger partial charge >= 0.3 is 0 Å². The van der Waals surface area contributed by atoms with Crippen LogP contribution in [-0.4, -0.2) is 29.8 Å². The lowest BCUT2D eigenvalue weighted by Crippen LogP contribution is -2.28. The minimum atomic E-state index is -0.479. The summed E-state index contributed by atoms with van der Waals surface area (Å²) in [7, 11) is 1.77. The Morgan fingerprint density at radius 1 is 1.56 bits per heavy atom. The second-order valence-electron chi connectivity index (χ2n) is 3.50. The highest BCUT2D eigenvalue weighted by molar-refractivity contribution is 6.37. The Kier molecular flexibility index (Phi) is 4.61. The molecule has 1 unspecified atom stereocenters. The van der Waals surface area contributed by atoms with Gasteiger partial charge in [-0.3, -0.25) is 0 Å². The summed E-state index contributed by atoms with van der Waals surface area (Å²) in [6, 6.07) is 1.55. The van der Waals surface area contributed by atoms with Gasteiger partial charge in [-0.15, -0.1) is 0 Å². The highest BCUT2D eigenvalue weighted by Gasteiger charge is 2.13. The fourth-order valence-electron chi connectivity index (χ4n) is 1.31. The Balaban J connectivity index is 3.03. The number of nitrogens with two attached hydrogens (primary N) is 1. The molecule has 0 aliphatic heterocycles. The second kappa shape index (κ2) is 5.54. The highest BCUT2D eigenvalue weighted by atomic mass is 35.5. The molecule has 1 aromatic heterocycles. The minimum Gasteiger partial charge on any atom is -0.392 e. The predicted molar refractivity (Wildman–Crippen MR) is 67.0 cm³/mol. The van der Waals surface area contributed by atoms with Crippen LogP contribution < -0.4 is 16.2 Å². The van der Waals surface area contributed by atoms with Crippen molar-refractivity contribution in [1.82, 2.24) is 4.98 Å². The van der Waals surface area contributed by atoms with E-state index in [0.29, 0.717) is 28.2 Å². The zero-order chi connectivity index (χ0) is 12.3. The van der Waals surface area contributed by atoms with E-state index in [-0.39, 0.29) is 0 Å². The molecular formula is C9H14Cl2N4O. The summed E-state index contributed by atoms with van der Waals surface area (Å²) in [6.45, 7) is 2.10. The standard InChI is InChI=1S/C9H14Cl2N4O/c1-5(16)4-15(2)9-7(11)3-6(10)8(13-9)14-12/h3,5,16H,4,12H2,1-2H3,(H,13,14). The van der Waals surface area contributed by atoms with Gasteiger partial charge in [0.2, 0.25) is 0 Å². The van der Waals surface area contributed by atoms with Gasteiger partial charge in [-0.25, -0.2) is 10.8 Å². The van der Waals surface area contributed by atoms with E-state index in [1.54, 1.807) is 24.9 Å². The normalized spacial score (nSPS) is 12.4. The predicted octanol–water partition coefficient (Wildman–Crippen LogP) is 1.49. The van der Waals surface area contributed by atoms with E-state index in [9.17, 15) is 5.11 Å². The summed E-state index contributed by atoms with van der Waals surface area (Å²) in [6.07, 6.45) is -0.479. The lowest BCUT2D eigenvalue weighted by molar-refractivity contribution is 0.201. The number of aliphatic hydroxyl groups excluding tert-OH is 1. The Hall–Kier alpha value is -0.750. The summed E-state index contributed by atoms with van der Waals surface area (Å²) in [4.78, 5) is 5.88. The molecule has 0 bridgehead atoms. The first kappa shape index (κ1) is 13.3. The quantitative estimate of drug-likeness (QED) is 0.568. The van der Waals surface area contributed by atoms with Gasteiger partial charge in [0.25, 0.3) is 0 Å².